The Bertz CT molecular complexity index is 597. The van der Waals surface area contributed by atoms with Gasteiger partial charge in [0.25, 0.3) is 0 Å². The van der Waals surface area contributed by atoms with Gasteiger partial charge in [0.05, 0.1) is 5.41 Å². The summed E-state index contributed by atoms with van der Waals surface area (Å²) in [6.07, 6.45) is 6.40. The monoisotopic (exact) mass is 342 g/mol. The summed E-state index contributed by atoms with van der Waals surface area (Å²) in [5, 5.41) is 0. The van der Waals surface area contributed by atoms with Crippen molar-refractivity contribution in [1.29, 1.82) is 0 Å². The molecule has 3 fully saturated rings. The van der Waals surface area contributed by atoms with E-state index in [4.69, 9.17) is 4.74 Å². The van der Waals surface area contributed by atoms with Crippen molar-refractivity contribution < 1.29 is 9.53 Å². The average molecular weight is 342 g/mol. The van der Waals surface area contributed by atoms with Gasteiger partial charge in [-0.05, 0) is 57.7 Å². The predicted octanol–water partition coefficient (Wildman–Crippen LogP) is 2.82. The number of likely N-dealkylation sites (N-methyl/N-ethyl adjacent to an activating group) is 1. The van der Waals surface area contributed by atoms with Gasteiger partial charge in [-0.15, -0.1) is 0 Å². The first-order valence-electron chi connectivity index (χ1n) is 9.87. The molecule has 0 aliphatic carbocycles. The van der Waals surface area contributed by atoms with Crippen LogP contribution in [0.5, 0.6) is 0 Å². The minimum atomic E-state index is -0.390. The lowest BCUT2D eigenvalue weighted by atomic mass is 9.72. The summed E-state index contributed by atoms with van der Waals surface area (Å²) in [5.74, 6) is 0.352. The molecule has 4 rings (SSSR count). The Morgan fingerprint density at radius 1 is 1.04 bits per heavy atom. The van der Waals surface area contributed by atoms with Crippen molar-refractivity contribution >= 4 is 5.91 Å². The van der Waals surface area contributed by atoms with Crippen molar-refractivity contribution in [3.8, 4) is 0 Å². The van der Waals surface area contributed by atoms with Gasteiger partial charge >= 0.3 is 0 Å². The maximum atomic E-state index is 13.8. The summed E-state index contributed by atoms with van der Waals surface area (Å²) in [6, 6.07) is 11.4. The van der Waals surface area contributed by atoms with Crippen LogP contribution in [-0.4, -0.2) is 61.1 Å². The zero-order valence-electron chi connectivity index (χ0n) is 15.3. The van der Waals surface area contributed by atoms with Crippen molar-refractivity contribution in [3.05, 3.63) is 35.9 Å². The van der Waals surface area contributed by atoms with Gasteiger partial charge in [-0.25, -0.2) is 0 Å². The third-order valence-corrected chi connectivity index (χ3v) is 6.66. The summed E-state index contributed by atoms with van der Waals surface area (Å²) in [4.78, 5) is 18.6. The molecule has 0 aromatic heterocycles. The Labute approximate surface area is 151 Å². The van der Waals surface area contributed by atoms with Crippen molar-refractivity contribution in [1.82, 2.24) is 9.80 Å². The molecule has 0 N–H and O–H groups in total. The molecule has 0 radical (unpaired) electrons. The number of hydrogen-bond donors (Lipinski definition) is 0. The van der Waals surface area contributed by atoms with E-state index in [9.17, 15) is 4.79 Å². The number of ether oxygens (including phenoxy) is 1. The lowest BCUT2D eigenvalue weighted by Gasteiger charge is -2.42. The summed E-state index contributed by atoms with van der Waals surface area (Å²) < 4.78 is 5.62. The van der Waals surface area contributed by atoms with Gasteiger partial charge in [0.2, 0.25) is 5.91 Å². The Hall–Kier alpha value is -1.39. The summed E-state index contributed by atoms with van der Waals surface area (Å²) >= 11 is 0. The molecule has 0 unspecified atom stereocenters. The van der Waals surface area contributed by atoms with Gasteiger partial charge in [-0.2, -0.15) is 0 Å². The van der Waals surface area contributed by atoms with Crippen LogP contribution in [0, 0.1) is 0 Å². The number of likely N-dealkylation sites (tertiary alicyclic amines) is 2. The molecule has 0 bridgehead atoms. The minimum absolute atomic E-state index is 0.352. The summed E-state index contributed by atoms with van der Waals surface area (Å²) in [6.45, 7) is 3.45. The summed E-state index contributed by atoms with van der Waals surface area (Å²) in [7, 11) is 2.22. The first-order valence-corrected chi connectivity index (χ1v) is 9.87. The number of hydrogen-bond acceptors (Lipinski definition) is 3. The van der Waals surface area contributed by atoms with Crippen LogP contribution in [-0.2, 0) is 14.9 Å². The first-order chi connectivity index (χ1) is 12.2. The van der Waals surface area contributed by atoms with Crippen molar-refractivity contribution in [3.63, 3.8) is 0 Å². The van der Waals surface area contributed by atoms with Crippen LogP contribution in [0.2, 0.25) is 0 Å². The smallest absolute Gasteiger partial charge is 0.233 e. The van der Waals surface area contributed by atoms with Crippen molar-refractivity contribution in [2.24, 2.45) is 0 Å². The van der Waals surface area contributed by atoms with Gasteiger partial charge in [-0.1, -0.05) is 30.3 Å². The SMILES string of the molecule is CN1CCC[C@@H]1[C@@H]1CCCN1C(=O)C1(c2ccccc2)CCOCC1. The fourth-order valence-electron chi connectivity index (χ4n) is 5.24. The van der Waals surface area contributed by atoms with Gasteiger partial charge < -0.3 is 14.5 Å². The van der Waals surface area contributed by atoms with E-state index in [0.717, 1.165) is 32.2 Å². The zero-order chi connectivity index (χ0) is 17.3. The number of nitrogens with zero attached hydrogens (tertiary/aromatic N) is 2. The van der Waals surface area contributed by atoms with Crippen LogP contribution < -0.4 is 0 Å². The van der Waals surface area contributed by atoms with E-state index in [-0.39, 0.29) is 5.41 Å². The molecule has 3 aliphatic heterocycles. The van der Waals surface area contributed by atoms with Gasteiger partial charge in [0, 0.05) is 31.8 Å². The number of carbonyl (C=O) groups excluding carboxylic acids is 1. The van der Waals surface area contributed by atoms with E-state index in [1.165, 1.54) is 24.9 Å². The predicted molar refractivity (Wildman–Crippen MR) is 98.6 cm³/mol. The molecule has 4 heteroatoms. The number of benzene rings is 1. The maximum Gasteiger partial charge on any atom is 0.233 e. The van der Waals surface area contributed by atoms with Crippen LogP contribution in [0.4, 0.5) is 0 Å². The topological polar surface area (TPSA) is 32.8 Å². The molecule has 1 aromatic rings. The van der Waals surface area contributed by atoms with Crippen LogP contribution >= 0.6 is 0 Å². The summed E-state index contributed by atoms with van der Waals surface area (Å²) in [5.41, 5.74) is 0.785. The van der Waals surface area contributed by atoms with Crippen LogP contribution in [0.3, 0.4) is 0 Å². The Morgan fingerprint density at radius 3 is 2.40 bits per heavy atom. The molecular formula is C21H30N2O2. The zero-order valence-corrected chi connectivity index (χ0v) is 15.3. The Morgan fingerprint density at radius 2 is 1.72 bits per heavy atom. The average Bonchev–Trinajstić information content (AvgIpc) is 3.31. The Kier molecular flexibility index (Phi) is 4.83. The van der Waals surface area contributed by atoms with Crippen molar-refractivity contribution in [2.75, 3.05) is 33.4 Å². The molecule has 4 nitrogen and oxygen atoms in total. The quantitative estimate of drug-likeness (QED) is 0.847. The van der Waals surface area contributed by atoms with E-state index in [2.05, 4.69) is 41.1 Å². The van der Waals surface area contributed by atoms with E-state index in [0.29, 0.717) is 31.2 Å². The van der Waals surface area contributed by atoms with E-state index < -0.39 is 0 Å². The highest BCUT2D eigenvalue weighted by molar-refractivity contribution is 5.89. The molecule has 3 saturated heterocycles. The van der Waals surface area contributed by atoms with Crippen LogP contribution in [0.1, 0.15) is 44.1 Å². The highest BCUT2D eigenvalue weighted by Gasteiger charge is 2.48. The second-order valence-corrected chi connectivity index (χ2v) is 7.96. The maximum absolute atomic E-state index is 13.8. The number of rotatable bonds is 3. The third-order valence-electron chi connectivity index (χ3n) is 6.66. The highest BCUT2D eigenvalue weighted by Crippen LogP contribution is 2.40. The lowest BCUT2D eigenvalue weighted by molar-refractivity contribution is -0.143. The first kappa shape index (κ1) is 17.0. The van der Waals surface area contributed by atoms with Gasteiger partial charge in [0.15, 0.2) is 0 Å². The minimum Gasteiger partial charge on any atom is -0.381 e. The molecule has 25 heavy (non-hydrogen) atoms. The second kappa shape index (κ2) is 7.08. The standard InChI is InChI=1S/C21H30N2O2/c1-22-13-5-9-18(22)19-10-6-14-23(19)20(24)21(11-15-25-16-12-21)17-7-3-2-4-8-17/h2-4,7-8,18-19H,5-6,9-16H2,1H3/t18-,19+/m1/s1. The molecule has 136 valence electrons. The lowest BCUT2D eigenvalue weighted by Crippen LogP contribution is -2.55. The molecule has 2 atom stereocenters. The number of carbonyl (C=O) groups is 1. The molecule has 1 aromatic carbocycles. The fraction of sp³-hybridized carbons (Fsp3) is 0.667. The molecule has 1 amide bonds. The largest absolute Gasteiger partial charge is 0.381 e. The highest BCUT2D eigenvalue weighted by atomic mass is 16.5. The van der Waals surface area contributed by atoms with E-state index in [1.54, 1.807) is 0 Å². The molecule has 3 aliphatic rings. The van der Waals surface area contributed by atoms with Gasteiger partial charge in [0.1, 0.15) is 0 Å². The van der Waals surface area contributed by atoms with E-state index >= 15 is 0 Å². The fourth-order valence-corrected chi connectivity index (χ4v) is 5.24. The Balaban J connectivity index is 1.64. The van der Waals surface area contributed by atoms with Crippen LogP contribution in [0.25, 0.3) is 0 Å². The normalized spacial score (nSPS) is 29.9. The van der Waals surface area contributed by atoms with E-state index in [1.807, 2.05) is 6.07 Å². The molecule has 0 saturated carbocycles. The molecular weight excluding hydrogens is 312 g/mol. The molecule has 3 heterocycles. The van der Waals surface area contributed by atoms with Gasteiger partial charge in [-0.3, -0.25) is 4.79 Å². The second-order valence-electron chi connectivity index (χ2n) is 7.96. The molecule has 0 spiro atoms. The third kappa shape index (κ3) is 3.00. The number of amides is 1. The van der Waals surface area contributed by atoms with Crippen molar-refractivity contribution in [2.45, 2.75) is 56.0 Å². The van der Waals surface area contributed by atoms with Crippen LogP contribution in [0.15, 0.2) is 30.3 Å².